The molecule has 0 unspecified atom stereocenters. The summed E-state index contributed by atoms with van der Waals surface area (Å²) < 4.78 is 51.7. The van der Waals surface area contributed by atoms with E-state index in [4.69, 9.17) is 16.9 Å². The first kappa shape index (κ1) is 18.5. The molecule has 0 aliphatic rings. The van der Waals surface area contributed by atoms with E-state index in [-0.39, 0.29) is 16.3 Å². The normalized spacial score (nSPS) is 11.8. The van der Waals surface area contributed by atoms with Gasteiger partial charge in [0.25, 0.3) is 5.91 Å². The number of alkyl halides is 3. The molecule has 2 aromatic carbocycles. The van der Waals surface area contributed by atoms with Gasteiger partial charge in [-0.1, -0.05) is 23.7 Å². The van der Waals surface area contributed by atoms with Crippen molar-refractivity contribution in [1.29, 1.82) is 5.26 Å². The minimum absolute atomic E-state index is 0.0142. The number of carbonyl (C=O) groups is 1. The van der Waals surface area contributed by atoms with Gasteiger partial charge in [0.1, 0.15) is 17.5 Å². The molecule has 1 amide bonds. The van der Waals surface area contributed by atoms with Crippen LogP contribution in [0.4, 0.5) is 23.2 Å². The maximum Gasteiger partial charge on any atom is 0.416 e. The molecule has 25 heavy (non-hydrogen) atoms. The summed E-state index contributed by atoms with van der Waals surface area (Å²) in [6.45, 7) is 0. The van der Waals surface area contributed by atoms with Crippen LogP contribution >= 0.6 is 11.6 Å². The van der Waals surface area contributed by atoms with Gasteiger partial charge in [-0.25, -0.2) is 4.39 Å². The van der Waals surface area contributed by atoms with Crippen LogP contribution in [0.1, 0.15) is 11.1 Å². The van der Waals surface area contributed by atoms with Crippen LogP contribution < -0.4 is 5.32 Å². The fourth-order valence-corrected chi connectivity index (χ4v) is 2.13. The molecule has 0 bridgehead atoms. The first-order valence-corrected chi connectivity index (χ1v) is 7.14. The van der Waals surface area contributed by atoms with Crippen molar-refractivity contribution in [1.82, 2.24) is 0 Å². The third kappa shape index (κ3) is 4.58. The SMILES string of the molecule is N#C/C(=C/c1c(F)cccc1Cl)C(=O)Nc1cccc(C(F)(F)F)c1. The van der Waals surface area contributed by atoms with Crippen molar-refractivity contribution >= 4 is 29.3 Å². The summed E-state index contributed by atoms with van der Waals surface area (Å²) in [7, 11) is 0. The highest BCUT2D eigenvalue weighted by molar-refractivity contribution is 6.32. The summed E-state index contributed by atoms with van der Waals surface area (Å²) in [5, 5.41) is 11.2. The highest BCUT2D eigenvalue weighted by Crippen LogP contribution is 2.30. The van der Waals surface area contributed by atoms with Crippen molar-refractivity contribution in [2.75, 3.05) is 5.32 Å². The van der Waals surface area contributed by atoms with Crippen molar-refractivity contribution in [2.45, 2.75) is 6.18 Å². The van der Waals surface area contributed by atoms with E-state index in [1.807, 2.05) is 0 Å². The Hall–Kier alpha value is -2.85. The number of nitriles is 1. The predicted molar refractivity (Wildman–Crippen MR) is 85.1 cm³/mol. The number of nitrogens with zero attached hydrogens (tertiary/aromatic N) is 1. The van der Waals surface area contributed by atoms with Crippen LogP contribution in [0.2, 0.25) is 5.02 Å². The standard InChI is InChI=1S/C17H9ClF4N2O/c18-14-5-2-6-15(19)13(14)7-10(9-23)16(25)24-12-4-1-3-11(8-12)17(20,21)22/h1-8H,(H,24,25)/b10-7-. The smallest absolute Gasteiger partial charge is 0.321 e. The lowest BCUT2D eigenvalue weighted by Crippen LogP contribution is -2.14. The molecular formula is C17H9ClF4N2O. The average molecular weight is 369 g/mol. The molecule has 2 rings (SSSR count). The Kier molecular flexibility index (Phi) is 5.45. The Bertz CT molecular complexity index is 865. The zero-order valence-electron chi connectivity index (χ0n) is 12.4. The van der Waals surface area contributed by atoms with Crippen LogP contribution in [0.3, 0.4) is 0 Å². The van der Waals surface area contributed by atoms with E-state index in [0.717, 1.165) is 30.3 Å². The lowest BCUT2D eigenvalue weighted by Gasteiger charge is -2.09. The van der Waals surface area contributed by atoms with Crippen LogP contribution in [0.5, 0.6) is 0 Å². The van der Waals surface area contributed by atoms with Crippen LogP contribution in [-0.2, 0) is 11.0 Å². The number of nitrogens with one attached hydrogen (secondary N) is 1. The predicted octanol–water partition coefficient (Wildman–Crippen LogP) is 5.04. The molecule has 0 saturated heterocycles. The van der Waals surface area contributed by atoms with E-state index in [1.54, 1.807) is 6.07 Å². The summed E-state index contributed by atoms with van der Waals surface area (Å²) in [6.07, 6.45) is -3.64. The van der Waals surface area contributed by atoms with Crippen LogP contribution in [0, 0.1) is 17.1 Å². The van der Waals surface area contributed by atoms with Gasteiger partial charge in [-0.3, -0.25) is 4.79 Å². The maximum absolute atomic E-state index is 13.7. The molecule has 0 spiro atoms. The van der Waals surface area contributed by atoms with Gasteiger partial charge < -0.3 is 5.32 Å². The van der Waals surface area contributed by atoms with E-state index in [9.17, 15) is 22.4 Å². The minimum Gasteiger partial charge on any atom is -0.321 e. The molecule has 3 nitrogen and oxygen atoms in total. The van der Waals surface area contributed by atoms with Crippen molar-refractivity contribution in [3.8, 4) is 6.07 Å². The molecule has 0 aliphatic heterocycles. The fraction of sp³-hybridized carbons (Fsp3) is 0.0588. The van der Waals surface area contributed by atoms with E-state index in [2.05, 4.69) is 5.32 Å². The van der Waals surface area contributed by atoms with Crippen molar-refractivity contribution in [2.24, 2.45) is 0 Å². The molecule has 0 fully saturated rings. The Morgan fingerprint density at radius 2 is 1.88 bits per heavy atom. The van der Waals surface area contributed by atoms with Gasteiger partial charge in [-0.05, 0) is 36.4 Å². The number of halogens is 5. The van der Waals surface area contributed by atoms with Crippen molar-refractivity contribution < 1.29 is 22.4 Å². The van der Waals surface area contributed by atoms with Gasteiger partial charge >= 0.3 is 6.18 Å². The minimum atomic E-state index is -4.57. The highest BCUT2D eigenvalue weighted by Gasteiger charge is 2.30. The van der Waals surface area contributed by atoms with Crippen LogP contribution in [0.15, 0.2) is 48.0 Å². The summed E-state index contributed by atoms with van der Waals surface area (Å²) in [5.74, 6) is -1.73. The number of amides is 1. The number of benzene rings is 2. The van der Waals surface area contributed by atoms with Crippen molar-refractivity contribution in [3.63, 3.8) is 0 Å². The number of anilines is 1. The van der Waals surface area contributed by atoms with Crippen LogP contribution in [0.25, 0.3) is 6.08 Å². The second-order valence-electron chi connectivity index (χ2n) is 4.84. The summed E-state index contributed by atoms with van der Waals surface area (Å²) in [6, 6.07) is 9.30. The van der Waals surface area contributed by atoms with E-state index in [0.29, 0.717) is 0 Å². The first-order valence-electron chi connectivity index (χ1n) is 6.77. The van der Waals surface area contributed by atoms with Gasteiger partial charge in [0.15, 0.2) is 0 Å². The quantitative estimate of drug-likeness (QED) is 0.468. The molecule has 0 atom stereocenters. The van der Waals surface area contributed by atoms with Gasteiger partial charge in [-0.15, -0.1) is 0 Å². The Labute approximate surface area is 145 Å². The maximum atomic E-state index is 13.7. The molecule has 0 radical (unpaired) electrons. The second kappa shape index (κ2) is 7.36. The van der Waals surface area contributed by atoms with Crippen LogP contribution in [-0.4, -0.2) is 5.91 Å². The summed E-state index contributed by atoms with van der Waals surface area (Å²) in [4.78, 5) is 12.1. The van der Waals surface area contributed by atoms with E-state index < -0.39 is 29.0 Å². The molecule has 8 heteroatoms. The monoisotopic (exact) mass is 368 g/mol. The molecule has 0 aromatic heterocycles. The molecule has 0 saturated carbocycles. The van der Waals surface area contributed by atoms with Crippen molar-refractivity contribution in [3.05, 3.63) is 70.0 Å². The van der Waals surface area contributed by atoms with Gasteiger partial charge in [0.05, 0.1) is 10.6 Å². The van der Waals surface area contributed by atoms with Gasteiger partial charge in [0, 0.05) is 11.3 Å². The summed E-state index contributed by atoms with van der Waals surface area (Å²) >= 11 is 5.82. The highest BCUT2D eigenvalue weighted by atomic mass is 35.5. The Morgan fingerprint density at radius 3 is 2.48 bits per heavy atom. The van der Waals surface area contributed by atoms with E-state index in [1.165, 1.54) is 18.2 Å². The largest absolute Gasteiger partial charge is 0.416 e. The summed E-state index contributed by atoms with van der Waals surface area (Å²) in [5.41, 5.74) is -1.78. The van der Waals surface area contributed by atoms with Gasteiger partial charge in [0.2, 0.25) is 0 Å². The molecule has 128 valence electrons. The zero-order chi connectivity index (χ0) is 18.6. The van der Waals surface area contributed by atoms with Gasteiger partial charge in [-0.2, -0.15) is 18.4 Å². The lowest BCUT2D eigenvalue weighted by atomic mass is 10.1. The third-order valence-electron chi connectivity index (χ3n) is 3.10. The topological polar surface area (TPSA) is 52.9 Å². The fourth-order valence-electron chi connectivity index (χ4n) is 1.91. The molecular weight excluding hydrogens is 360 g/mol. The number of hydrogen-bond acceptors (Lipinski definition) is 2. The molecule has 2 aromatic rings. The number of carbonyl (C=O) groups excluding carboxylic acids is 1. The zero-order valence-corrected chi connectivity index (χ0v) is 13.1. The molecule has 0 heterocycles. The Morgan fingerprint density at radius 1 is 1.20 bits per heavy atom. The van der Waals surface area contributed by atoms with E-state index >= 15 is 0 Å². The number of hydrogen-bond donors (Lipinski definition) is 1. The Balaban J connectivity index is 2.30. The second-order valence-corrected chi connectivity index (χ2v) is 5.25. The lowest BCUT2D eigenvalue weighted by molar-refractivity contribution is -0.137. The third-order valence-corrected chi connectivity index (χ3v) is 3.43. The number of rotatable bonds is 3. The average Bonchev–Trinajstić information content (AvgIpc) is 2.54. The first-order chi connectivity index (χ1) is 11.7. The molecule has 1 N–H and O–H groups in total. The molecule has 0 aliphatic carbocycles.